The van der Waals surface area contributed by atoms with E-state index in [0.717, 1.165) is 4.47 Å². The van der Waals surface area contributed by atoms with E-state index in [1.165, 1.54) is 4.31 Å². The number of aromatic amines is 1. The van der Waals surface area contributed by atoms with Crippen molar-refractivity contribution >= 4 is 42.8 Å². The summed E-state index contributed by atoms with van der Waals surface area (Å²) in [5, 5.41) is 0.449. The molecular formula is C13H12BrN3O4S. The minimum atomic E-state index is -3.82. The first kappa shape index (κ1) is 14.2. The molecule has 0 aliphatic carbocycles. The summed E-state index contributed by atoms with van der Waals surface area (Å²) < 4.78 is 33.2. The van der Waals surface area contributed by atoms with Crippen LogP contribution in [0.2, 0.25) is 0 Å². The first-order valence-electron chi connectivity index (χ1n) is 6.64. The summed E-state index contributed by atoms with van der Waals surface area (Å²) in [4.78, 5) is 14.4. The van der Waals surface area contributed by atoms with Crippen LogP contribution in [-0.2, 0) is 14.8 Å². The summed E-state index contributed by atoms with van der Waals surface area (Å²) in [6.45, 7) is 0.623. The minimum Gasteiger partial charge on any atom is -0.367 e. The summed E-state index contributed by atoms with van der Waals surface area (Å²) in [7, 11) is -3.82. The Morgan fingerprint density at radius 1 is 1.36 bits per heavy atom. The average molecular weight is 386 g/mol. The summed E-state index contributed by atoms with van der Waals surface area (Å²) in [6.07, 6.45) is -0.0486. The Kier molecular flexibility index (Phi) is 2.93. The lowest BCUT2D eigenvalue weighted by Gasteiger charge is -2.17. The van der Waals surface area contributed by atoms with E-state index in [9.17, 15) is 13.2 Å². The van der Waals surface area contributed by atoms with Gasteiger partial charge >= 0.3 is 0 Å². The van der Waals surface area contributed by atoms with Gasteiger partial charge in [-0.15, -0.1) is 0 Å². The van der Waals surface area contributed by atoms with Crippen LogP contribution in [0.25, 0.3) is 10.9 Å². The van der Waals surface area contributed by atoms with Gasteiger partial charge in [0.15, 0.2) is 0 Å². The number of H-pyrrole nitrogens is 1. The van der Waals surface area contributed by atoms with Crippen LogP contribution < -0.4 is 5.73 Å². The molecule has 0 unspecified atom stereocenters. The molecule has 116 valence electrons. The lowest BCUT2D eigenvalue weighted by Crippen LogP contribution is -2.33. The van der Waals surface area contributed by atoms with E-state index in [4.69, 9.17) is 10.5 Å². The normalized spacial score (nSPS) is 24.6. The fourth-order valence-electron chi connectivity index (χ4n) is 2.88. The van der Waals surface area contributed by atoms with Crippen LogP contribution in [0.15, 0.2) is 27.6 Å². The number of morpholine rings is 1. The topological polar surface area (TPSA) is 109 Å². The molecule has 4 rings (SSSR count). The standard InChI is InChI=1S/C13H12BrN3O4S/c14-6-1-2-8-7(3-6)12(11(16-8)13(15)18)22(19,20)17-4-9-10(5-17)21-9/h1-3,9-10,16H,4-5H2,(H2,15,18)/t9-,10+. The number of amides is 1. The average Bonchev–Trinajstić information content (AvgIpc) is 2.90. The highest BCUT2D eigenvalue weighted by molar-refractivity contribution is 9.10. The summed E-state index contributed by atoms with van der Waals surface area (Å²) in [5.41, 5.74) is 5.82. The third kappa shape index (κ3) is 2.00. The van der Waals surface area contributed by atoms with E-state index in [2.05, 4.69) is 20.9 Å². The maximum absolute atomic E-state index is 12.9. The third-order valence-electron chi connectivity index (χ3n) is 4.01. The number of sulfonamides is 1. The van der Waals surface area contributed by atoms with Gasteiger partial charge in [0, 0.05) is 28.5 Å². The molecule has 3 N–H and O–H groups in total. The summed E-state index contributed by atoms with van der Waals surface area (Å²) in [6, 6.07) is 5.13. The number of nitrogens with zero attached hydrogens (tertiary/aromatic N) is 1. The molecule has 1 aromatic carbocycles. The number of hydrogen-bond acceptors (Lipinski definition) is 4. The quantitative estimate of drug-likeness (QED) is 0.761. The SMILES string of the molecule is NC(=O)c1[nH]c2ccc(Br)cc2c1S(=O)(=O)N1C[C@@H]2O[C@@H]2C1. The van der Waals surface area contributed by atoms with Gasteiger partial charge in [0.05, 0.1) is 12.2 Å². The number of nitrogens with two attached hydrogens (primary N) is 1. The second-order valence-corrected chi connectivity index (χ2v) is 8.21. The largest absolute Gasteiger partial charge is 0.367 e. The number of ether oxygens (including phenoxy) is 1. The number of aromatic nitrogens is 1. The van der Waals surface area contributed by atoms with Crippen molar-refractivity contribution in [2.24, 2.45) is 5.73 Å². The van der Waals surface area contributed by atoms with Gasteiger partial charge in [0.25, 0.3) is 5.91 Å². The Morgan fingerprint density at radius 3 is 2.68 bits per heavy atom. The number of rotatable bonds is 3. The highest BCUT2D eigenvalue weighted by Gasteiger charge is 2.51. The monoisotopic (exact) mass is 385 g/mol. The number of hydrogen-bond donors (Lipinski definition) is 2. The lowest BCUT2D eigenvalue weighted by atomic mass is 10.2. The number of fused-ring (bicyclic) bond motifs is 2. The molecule has 9 heteroatoms. The van der Waals surface area contributed by atoms with Crippen LogP contribution in [0.5, 0.6) is 0 Å². The molecule has 22 heavy (non-hydrogen) atoms. The number of primary amides is 1. The van der Waals surface area contributed by atoms with Crippen molar-refractivity contribution in [1.29, 1.82) is 0 Å². The lowest BCUT2D eigenvalue weighted by molar-refractivity contribution is 0.0993. The van der Waals surface area contributed by atoms with Gasteiger partial charge in [-0.05, 0) is 18.2 Å². The molecule has 2 atom stereocenters. The van der Waals surface area contributed by atoms with Crippen LogP contribution in [0, 0.1) is 0 Å². The number of benzene rings is 1. The van der Waals surface area contributed by atoms with Crippen molar-refractivity contribution < 1.29 is 17.9 Å². The van der Waals surface area contributed by atoms with Crippen molar-refractivity contribution in [1.82, 2.24) is 9.29 Å². The molecule has 1 amide bonds. The molecule has 2 fully saturated rings. The fourth-order valence-corrected chi connectivity index (χ4v) is 5.04. The fraction of sp³-hybridized carbons (Fsp3) is 0.308. The van der Waals surface area contributed by atoms with Gasteiger partial charge in [-0.3, -0.25) is 4.79 Å². The summed E-state index contributed by atoms with van der Waals surface area (Å²) in [5.74, 6) is -0.800. The van der Waals surface area contributed by atoms with Crippen LogP contribution >= 0.6 is 15.9 Å². The second-order valence-electron chi connectivity index (χ2n) is 5.42. The molecule has 2 aromatic rings. The Hall–Kier alpha value is -1.42. The van der Waals surface area contributed by atoms with E-state index < -0.39 is 15.9 Å². The van der Waals surface area contributed by atoms with Gasteiger partial charge < -0.3 is 15.5 Å². The van der Waals surface area contributed by atoms with Gasteiger partial charge in [-0.2, -0.15) is 4.31 Å². The van der Waals surface area contributed by atoms with Gasteiger partial charge in [0.1, 0.15) is 10.6 Å². The van der Waals surface area contributed by atoms with E-state index in [1.807, 2.05) is 0 Å². The Balaban J connectivity index is 1.93. The summed E-state index contributed by atoms with van der Waals surface area (Å²) >= 11 is 3.32. The molecular weight excluding hydrogens is 374 g/mol. The zero-order valence-electron chi connectivity index (χ0n) is 11.2. The van der Waals surface area contributed by atoms with E-state index >= 15 is 0 Å². The number of epoxide rings is 1. The predicted octanol–water partition coefficient (Wildman–Crippen LogP) is 0.801. The first-order valence-corrected chi connectivity index (χ1v) is 8.88. The number of nitrogens with one attached hydrogen (secondary N) is 1. The second kappa shape index (κ2) is 4.54. The molecule has 3 heterocycles. The molecule has 0 saturated carbocycles. The zero-order chi connectivity index (χ0) is 15.6. The number of halogens is 1. The van der Waals surface area contributed by atoms with Crippen molar-refractivity contribution in [3.63, 3.8) is 0 Å². The number of carbonyl (C=O) groups is 1. The van der Waals surface area contributed by atoms with Crippen LogP contribution in [0.4, 0.5) is 0 Å². The molecule has 0 bridgehead atoms. The van der Waals surface area contributed by atoms with Crippen LogP contribution in [-0.4, -0.2) is 48.9 Å². The van der Waals surface area contributed by atoms with E-state index in [0.29, 0.717) is 24.0 Å². The molecule has 2 aliphatic heterocycles. The van der Waals surface area contributed by atoms with Crippen molar-refractivity contribution in [2.75, 3.05) is 13.1 Å². The third-order valence-corrected chi connectivity index (χ3v) is 6.42. The highest BCUT2D eigenvalue weighted by atomic mass is 79.9. The van der Waals surface area contributed by atoms with E-state index in [-0.39, 0.29) is 22.8 Å². The maximum Gasteiger partial charge on any atom is 0.266 e. The molecule has 0 radical (unpaired) electrons. The molecule has 2 aliphatic rings. The first-order chi connectivity index (χ1) is 10.4. The zero-order valence-corrected chi connectivity index (χ0v) is 13.6. The molecule has 1 aromatic heterocycles. The van der Waals surface area contributed by atoms with Gasteiger partial charge in [0.2, 0.25) is 10.0 Å². The Bertz CT molecular complexity index is 897. The van der Waals surface area contributed by atoms with Crippen LogP contribution in [0.3, 0.4) is 0 Å². The number of carbonyl (C=O) groups excluding carboxylic acids is 1. The van der Waals surface area contributed by atoms with Crippen molar-refractivity contribution in [3.05, 3.63) is 28.4 Å². The van der Waals surface area contributed by atoms with Gasteiger partial charge in [-0.25, -0.2) is 8.42 Å². The predicted molar refractivity (Wildman–Crippen MR) is 81.9 cm³/mol. The molecule has 0 spiro atoms. The Labute approximate surface area is 134 Å². The van der Waals surface area contributed by atoms with Gasteiger partial charge in [-0.1, -0.05) is 15.9 Å². The van der Waals surface area contributed by atoms with E-state index in [1.54, 1.807) is 18.2 Å². The molecule has 2 saturated heterocycles. The molecule has 7 nitrogen and oxygen atoms in total. The van der Waals surface area contributed by atoms with Crippen LogP contribution in [0.1, 0.15) is 10.5 Å². The Morgan fingerprint density at radius 2 is 2.05 bits per heavy atom. The minimum absolute atomic E-state index is 0.0243. The van der Waals surface area contributed by atoms with Crippen molar-refractivity contribution in [3.8, 4) is 0 Å². The maximum atomic E-state index is 12.9. The van der Waals surface area contributed by atoms with Crippen molar-refractivity contribution in [2.45, 2.75) is 17.1 Å². The highest BCUT2D eigenvalue weighted by Crippen LogP contribution is 2.37. The smallest absolute Gasteiger partial charge is 0.266 e.